The number of benzene rings is 1. The van der Waals surface area contributed by atoms with Gasteiger partial charge >= 0.3 is 5.97 Å². The minimum atomic E-state index is -1.11. The van der Waals surface area contributed by atoms with Crippen molar-refractivity contribution in [2.45, 2.75) is 0 Å². The van der Waals surface area contributed by atoms with E-state index in [1.807, 2.05) is 0 Å². The van der Waals surface area contributed by atoms with E-state index >= 15 is 0 Å². The molecular formula is C12H6Br2ClNO3S. The van der Waals surface area contributed by atoms with E-state index in [0.29, 0.717) is 15.0 Å². The molecule has 1 heterocycles. The maximum absolute atomic E-state index is 12.1. The number of nitrogens with one attached hydrogen (secondary N) is 1. The zero-order valence-corrected chi connectivity index (χ0v) is 14.4. The van der Waals surface area contributed by atoms with Crippen LogP contribution < -0.4 is 5.32 Å². The van der Waals surface area contributed by atoms with Crippen LogP contribution in [0.15, 0.2) is 31.8 Å². The lowest BCUT2D eigenvalue weighted by Crippen LogP contribution is -2.12. The van der Waals surface area contributed by atoms with Gasteiger partial charge in [0, 0.05) is 10.7 Å². The van der Waals surface area contributed by atoms with Crippen LogP contribution in [0.1, 0.15) is 20.7 Å². The molecule has 0 radical (unpaired) electrons. The summed E-state index contributed by atoms with van der Waals surface area (Å²) in [7, 11) is 0. The quantitative estimate of drug-likeness (QED) is 0.717. The maximum atomic E-state index is 12.1. The van der Waals surface area contributed by atoms with E-state index in [1.54, 1.807) is 6.07 Å². The van der Waals surface area contributed by atoms with Crippen molar-refractivity contribution in [1.29, 1.82) is 0 Å². The minimum Gasteiger partial charge on any atom is -0.478 e. The summed E-state index contributed by atoms with van der Waals surface area (Å²) in [4.78, 5) is 23.0. The molecule has 0 spiro atoms. The van der Waals surface area contributed by atoms with Crippen LogP contribution in [-0.4, -0.2) is 17.0 Å². The van der Waals surface area contributed by atoms with Gasteiger partial charge in [-0.2, -0.15) is 0 Å². The van der Waals surface area contributed by atoms with Gasteiger partial charge in [0.2, 0.25) is 0 Å². The molecule has 0 saturated carbocycles. The van der Waals surface area contributed by atoms with Crippen LogP contribution in [0.25, 0.3) is 0 Å². The van der Waals surface area contributed by atoms with Gasteiger partial charge in [-0.05, 0) is 56.1 Å². The maximum Gasteiger partial charge on any atom is 0.335 e. The van der Waals surface area contributed by atoms with Gasteiger partial charge in [0.05, 0.1) is 18.7 Å². The second-order valence-corrected chi connectivity index (χ2v) is 7.91. The Morgan fingerprint density at radius 2 is 1.90 bits per heavy atom. The highest BCUT2D eigenvalue weighted by Crippen LogP contribution is 2.32. The van der Waals surface area contributed by atoms with Crippen LogP contribution in [0.4, 0.5) is 5.69 Å². The van der Waals surface area contributed by atoms with Gasteiger partial charge in [-0.3, -0.25) is 4.79 Å². The van der Waals surface area contributed by atoms with Crippen molar-refractivity contribution < 1.29 is 14.7 Å². The molecule has 2 N–H and O–H groups in total. The van der Waals surface area contributed by atoms with Crippen LogP contribution in [0.5, 0.6) is 0 Å². The zero-order valence-electron chi connectivity index (χ0n) is 9.62. The predicted molar refractivity (Wildman–Crippen MR) is 86.1 cm³/mol. The topological polar surface area (TPSA) is 66.4 Å². The number of hydrogen-bond acceptors (Lipinski definition) is 3. The highest BCUT2D eigenvalue weighted by Gasteiger charge is 2.15. The number of amides is 1. The third kappa shape index (κ3) is 3.60. The molecule has 8 heteroatoms. The number of carboxylic acids is 1. The van der Waals surface area contributed by atoms with E-state index < -0.39 is 5.97 Å². The van der Waals surface area contributed by atoms with Crippen molar-refractivity contribution in [3.8, 4) is 0 Å². The molecule has 0 bridgehead atoms. The first-order valence-electron chi connectivity index (χ1n) is 5.17. The Bertz CT molecular complexity index is 702. The van der Waals surface area contributed by atoms with Gasteiger partial charge in [-0.1, -0.05) is 11.6 Å². The summed E-state index contributed by atoms with van der Waals surface area (Å²) in [5.74, 6) is -1.46. The second-order valence-electron chi connectivity index (χ2n) is 3.73. The van der Waals surface area contributed by atoms with E-state index in [1.165, 1.54) is 29.5 Å². The third-order valence-electron chi connectivity index (χ3n) is 2.30. The third-order valence-corrected chi connectivity index (χ3v) is 4.86. The Morgan fingerprint density at radius 1 is 1.20 bits per heavy atom. The smallest absolute Gasteiger partial charge is 0.335 e. The summed E-state index contributed by atoms with van der Waals surface area (Å²) in [5.41, 5.74) is 0.797. The van der Waals surface area contributed by atoms with Gasteiger partial charge in [0.15, 0.2) is 0 Å². The molecule has 104 valence electrons. The number of hydrogen-bond donors (Lipinski definition) is 2. The summed E-state index contributed by atoms with van der Waals surface area (Å²) in [6.07, 6.45) is 0. The lowest BCUT2D eigenvalue weighted by Gasteiger charge is -2.06. The first-order valence-corrected chi connectivity index (χ1v) is 7.95. The second kappa shape index (κ2) is 6.26. The van der Waals surface area contributed by atoms with Crippen LogP contribution in [0.3, 0.4) is 0 Å². The summed E-state index contributed by atoms with van der Waals surface area (Å²) in [6, 6.07) is 5.83. The van der Waals surface area contributed by atoms with Crippen LogP contribution in [0, 0.1) is 0 Å². The Hall–Kier alpha value is -0.890. The number of carbonyl (C=O) groups excluding carboxylic acids is 1. The van der Waals surface area contributed by atoms with Crippen molar-refractivity contribution in [2.24, 2.45) is 0 Å². The fourth-order valence-corrected chi connectivity index (χ4v) is 4.51. The molecule has 1 aromatic heterocycles. The number of anilines is 1. The molecule has 0 atom stereocenters. The average molecular weight is 440 g/mol. The number of thiophene rings is 1. The molecule has 0 saturated heterocycles. The van der Waals surface area contributed by atoms with Gasteiger partial charge in [0.1, 0.15) is 0 Å². The van der Waals surface area contributed by atoms with Gasteiger partial charge in [-0.15, -0.1) is 11.3 Å². The lowest BCUT2D eigenvalue weighted by molar-refractivity contribution is 0.0696. The Kier molecular flexibility index (Phi) is 4.85. The molecule has 0 fully saturated rings. The number of aromatic carboxylic acids is 1. The zero-order chi connectivity index (χ0) is 14.9. The molecule has 2 aromatic rings. The minimum absolute atomic E-state index is 0.0124. The average Bonchev–Trinajstić information content (AvgIpc) is 2.67. The fraction of sp³-hybridized carbons (Fsp3) is 0. The molecule has 0 unspecified atom stereocenters. The van der Waals surface area contributed by atoms with Crippen molar-refractivity contribution in [3.05, 3.63) is 48.0 Å². The highest BCUT2D eigenvalue weighted by molar-refractivity contribution is 9.12. The predicted octanol–water partition coefficient (Wildman–Crippen LogP) is 4.88. The Balaban J connectivity index is 2.28. The fourth-order valence-electron chi connectivity index (χ4n) is 1.48. The van der Waals surface area contributed by atoms with Crippen molar-refractivity contribution in [3.63, 3.8) is 0 Å². The monoisotopic (exact) mass is 437 g/mol. The summed E-state index contributed by atoms with van der Waals surface area (Å²) >= 11 is 13.8. The number of rotatable bonds is 3. The van der Waals surface area contributed by atoms with Gasteiger partial charge in [0.25, 0.3) is 5.91 Å². The number of halogens is 3. The molecule has 20 heavy (non-hydrogen) atoms. The summed E-state index contributed by atoms with van der Waals surface area (Å²) < 4.78 is 1.49. The Morgan fingerprint density at radius 3 is 2.45 bits per heavy atom. The largest absolute Gasteiger partial charge is 0.478 e. The molecule has 1 aromatic carbocycles. The molecule has 0 aliphatic rings. The van der Waals surface area contributed by atoms with E-state index in [-0.39, 0.29) is 16.5 Å². The normalized spacial score (nSPS) is 10.3. The summed E-state index contributed by atoms with van der Waals surface area (Å²) in [6.45, 7) is 0. The standard InChI is InChI=1S/C12H6Br2ClNO3S/c13-9-4-8(10(14)20-9)11(17)16-7-2-5(12(18)19)1-6(15)3-7/h1-4H,(H,16,17)(H,18,19). The van der Waals surface area contributed by atoms with Crippen molar-refractivity contribution >= 4 is 72.4 Å². The number of carbonyl (C=O) groups is 2. The first-order chi connectivity index (χ1) is 9.36. The van der Waals surface area contributed by atoms with Gasteiger partial charge < -0.3 is 10.4 Å². The summed E-state index contributed by atoms with van der Waals surface area (Å²) in [5, 5.41) is 11.8. The van der Waals surface area contributed by atoms with Crippen molar-refractivity contribution in [1.82, 2.24) is 0 Å². The highest BCUT2D eigenvalue weighted by atomic mass is 79.9. The molecule has 4 nitrogen and oxygen atoms in total. The van der Waals surface area contributed by atoms with Gasteiger partial charge in [-0.25, -0.2) is 4.79 Å². The van der Waals surface area contributed by atoms with Crippen molar-refractivity contribution in [2.75, 3.05) is 5.32 Å². The number of carboxylic acid groups (broad SMARTS) is 1. The molecule has 2 rings (SSSR count). The molecule has 0 aliphatic carbocycles. The Labute approximate surface area is 140 Å². The van der Waals surface area contributed by atoms with E-state index in [9.17, 15) is 9.59 Å². The molecule has 0 aliphatic heterocycles. The lowest BCUT2D eigenvalue weighted by atomic mass is 10.2. The van der Waals surface area contributed by atoms with Crippen LogP contribution in [0.2, 0.25) is 5.02 Å². The van der Waals surface area contributed by atoms with E-state index in [0.717, 1.165) is 3.79 Å². The molecular weight excluding hydrogens is 433 g/mol. The first kappa shape index (κ1) is 15.5. The van der Waals surface area contributed by atoms with E-state index in [4.69, 9.17) is 16.7 Å². The van der Waals surface area contributed by atoms with Crippen LogP contribution >= 0.6 is 54.8 Å². The SMILES string of the molecule is O=C(O)c1cc(Cl)cc(NC(=O)c2cc(Br)sc2Br)c1. The van der Waals surface area contributed by atoms with Crippen LogP contribution in [-0.2, 0) is 0 Å². The van der Waals surface area contributed by atoms with E-state index in [2.05, 4.69) is 37.2 Å². The molecule has 1 amide bonds.